The zero-order chi connectivity index (χ0) is 19.5. The molecule has 0 saturated carbocycles. The number of pyridine rings is 1. The molecule has 2 N–H and O–H groups in total. The van der Waals surface area contributed by atoms with Crippen molar-refractivity contribution in [2.45, 2.75) is 12.3 Å². The summed E-state index contributed by atoms with van der Waals surface area (Å²) in [6.07, 6.45) is 3.22. The van der Waals surface area contributed by atoms with Gasteiger partial charge in [-0.15, -0.1) is 0 Å². The van der Waals surface area contributed by atoms with E-state index in [0.717, 1.165) is 16.9 Å². The van der Waals surface area contributed by atoms with Crippen molar-refractivity contribution in [3.8, 4) is 11.3 Å². The van der Waals surface area contributed by atoms with Gasteiger partial charge < -0.3 is 15.3 Å². The van der Waals surface area contributed by atoms with E-state index in [1.807, 2.05) is 30.3 Å². The smallest absolute Gasteiger partial charge is 0.407 e. The molecule has 1 fully saturated rings. The lowest BCUT2D eigenvalue weighted by Crippen LogP contribution is -2.26. The standard InChI is InChI=1S/C20H18ClN5O2/c21-15-1-3-16(4-2-15)23-18-11-17(13-5-8-22-9-6-13)24-19(25-18)14-7-10-26(12-14)20(27)28/h1-6,8-9,11,14H,7,10,12H2,(H,27,28)(H,23,24,25). The molecule has 1 saturated heterocycles. The number of rotatable bonds is 4. The van der Waals surface area contributed by atoms with Gasteiger partial charge in [0, 0.05) is 53.7 Å². The summed E-state index contributed by atoms with van der Waals surface area (Å²) in [7, 11) is 0. The average Bonchev–Trinajstić information content (AvgIpc) is 3.21. The number of benzene rings is 1. The molecule has 1 aliphatic rings. The molecule has 28 heavy (non-hydrogen) atoms. The maximum atomic E-state index is 11.3. The van der Waals surface area contributed by atoms with Gasteiger partial charge in [-0.2, -0.15) is 0 Å². The van der Waals surface area contributed by atoms with E-state index in [1.165, 1.54) is 4.90 Å². The van der Waals surface area contributed by atoms with Crippen LogP contribution in [0.3, 0.4) is 0 Å². The molecule has 7 nitrogen and oxygen atoms in total. The average molecular weight is 396 g/mol. The number of carboxylic acid groups (broad SMARTS) is 1. The van der Waals surface area contributed by atoms with E-state index < -0.39 is 6.09 Å². The van der Waals surface area contributed by atoms with E-state index in [4.69, 9.17) is 16.6 Å². The Kier molecular flexibility index (Phi) is 5.08. The Labute approximate surface area is 167 Å². The van der Waals surface area contributed by atoms with Gasteiger partial charge in [0.25, 0.3) is 0 Å². The Balaban J connectivity index is 1.69. The second-order valence-corrected chi connectivity index (χ2v) is 7.02. The van der Waals surface area contributed by atoms with Crippen molar-refractivity contribution in [3.63, 3.8) is 0 Å². The highest BCUT2D eigenvalue weighted by Gasteiger charge is 2.29. The summed E-state index contributed by atoms with van der Waals surface area (Å²) >= 11 is 5.96. The number of carbonyl (C=O) groups is 1. The molecule has 1 aliphatic heterocycles. The van der Waals surface area contributed by atoms with Crippen LogP contribution in [-0.2, 0) is 0 Å². The number of halogens is 1. The molecule has 3 heterocycles. The Morgan fingerprint density at radius 2 is 1.89 bits per heavy atom. The van der Waals surface area contributed by atoms with Crippen LogP contribution in [0.25, 0.3) is 11.3 Å². The van der Waals surface area contributed by atoms with Gasteiger partial charge in [0.15, 0.2) is 0 Å². The number of anilines is 2. The Morgan fingerprint density at radius 3 is 2.57 bits per heavy atom. The first-order valence-corrected chi connectivity index (χ1v) is 9.26. The third-order valence-electron chi connectivity index (χ3n) is 4.66. The van der Waals surface area contributed by atoms with Gasteiger partial charge in [-0.05, 0) is 42.8 Å². The summed E-state index contributed by atoms with van der Waals surface area (Å²) in [5, 5.41) is 13.2. The SMILES string of the molecule is O=C(O)N1CCC(c2nc(Nc3ccc(Cl)cc3)cc(-c3ccncc3)n2)C1. The quantitative estimate of drug-likeness (QED) is 0.680. The fourth-order valence-corrected chi connectivity index (χ4v) is 3.33. The third-order valence-corrected chi connectivity index (χ3v) is 4.91. The van der Waals surface area contributed by atoms with E-state index >= 15 is 0 Å². The van der Waals surface area contributed by atoms with E-state index in [0.29, 0.717) is 36.2 Å². The normalized spacial score (nSPS) is 16.2. The molecular formula is C20H18ClN5O2. The van der Waals surface area contributed by atoms with Crippen molar-refractivity contribution < 1.29 is 9.90 Å². The van der Waals surface area contributed by atoms with Gasteiger partial charge in [0.2, 0.25) is 0 Å². The molecule has 0 bridgehead atoms. The molecule has 2 aromatic heterocycles. The second-order valence-electron chi connectivity index (χ2n) is 6.58. The molecule has 1 unspecified atom stereocenters. The maximum Gasteiger partial charge on any atom is 0.407 e. The molecule has 1 atom stereocenters. The number of nitrogens with one attached hydrogen (secondary N) is 1. The molecule has 0 spiro atoms. The first kappa shape index (κ1) is 18.2. The van der Waals surface area contributed by atoms with Crippen LogP contribution in [0.1, 0.15) is 18.2 Å². The molecule has 8 heteroatoms. The van der Waals surface area contributed by atoms with Gasteiger partial charge in [0.05, 0.1) is 5.69 Å². The van der Waals surface area contributed by atoms with E-state index in [-0.39, 0.29) is 5.92 Å². The summed E-state index contributed by atoms with van der Waals surface area (Å²) in [6, 6.07) is 13.0. The number of amides is 1. The van der Waals surface area contributed by atoms with Crippen LogP contribution in [0.5, 0.6) is 0 Å². The van der Waals surface area contributed by atoms with Gasteiger partial charge >= 0.3 is 6.09 Å². The molecular weight excluding hydrogens is 378 g/mol. The second kappa shape index (κ2) is 7.82. The summed E-state index contributed by atoms with van der Waals surface area (Å²) in [4.78, 5) is 26.1. The Hall–Kier alpha value is -3.19. The van der Waals surface area contributed by atoms with Crippen molar-refractivity contribution in [1.29, 1.82) is 0 Å². The summed E-state index contributed by atoms with van der Waals surface area (Å²) in [5.74, 6) is 1.24. The predicted octanol–water partition coefficient (Wildman–Crippen LogP) is 4.40. The summed E-state index contributed by atoms with van der Waals surface area (Å²) < 4.78 is 0. The van der Waals surface area contributed by atoms with Crippen LogP contribution >= 0.6 is 11.6 Å². The predicted molar refractivity (Wildman–Crippen MR) is 107 cm³/mol. The molecule has 1 amide bonds. The van der Waals surface area contributed by atoms with Crippen LogP contribution in [0.2, 0.25) is 5.02 Å². The Morgan fingerprint density at radius 1 is 1.14 bits per heavy atom. The largest absolute Gasteiger partial charge is 0.465 e. The van der Waals surface area contributed by atoms with Gasteiger partial charge in [-0.1, -0.05) is 11.6 Å². The van der Waals surface area contributed by atoms with Crippen LogP contribution in [0, 0.1) is 0 Å². The number of nitrogens with zero attached hydrogens (tertiary/aromatic N) is 4. The van der Waals surface area contributed by atoms with Crippen molar-refractivity contribution in [2.75, 3.05) is 18.4 Å². The van der Waals surface area contributed by atoms with Gasteiger partial charge in [-0.25, -0.2) is 14.8 Å². The lowest BCUT2D eigenvalue weighted by molar-refractivity contribution is 0.155. The number of aromatic nitrogens is 3. The highest BCUT2D eigenvalue weighted by Crippen LogP contribution is 2.29. The van der Waals surface area contributed by atoms with Crippen LogP contribution in [0.4, 0.5) is 16.3 Å². The van der Waals surface area contributed by atoms with Crippen molar-refractivity contribution in [3.05, 3.63) is 65.7 Å². The minimum Gasteiger partial charge on any atom is -0.465 e. The maximum absolute atomic E-state index is 11.3. The monoisotopic (exact) mass is 395 g/mol. The van der Waals surface area contributed by atoms with Crippen molar-refractivity contribution >= 4 is 29.2 Å². The highest BCUT2D eigenvalue weighted by atomic mass is 35.5. The van der Waals surface area contributed by atoms with E-state index in [1.54, 1.807) is 24.5 Å². The molecule has 4 rings (SSSR count). The van der Waals surface area contributed by atoms with Gasteiger partial charge in [-0.3, -0.25) is 4.98 Å². The molecule has 0 aliphatic carbocycles. The number of hydrogen-bond donors (Lipinski definition) is 2. The molecule has 3 aromatic rings. The van der Waals surface area contributed by atoms with Crippen molar-refractivity contribution in [1.82, 2.24) is 19.9 Å². The number of hydrogen-bond acceptors (Lipinski definition) is 5. The van der Waals surface area contributed by atoms with Crippen LogP contribution in [-0.4, -0.2) is 44.1 Å². The third kappa shape index (κ3) is 4.04. The molecule has 1 aromatic carbocycles. The summed E-state index contributed by atoms with van der Waals surface area (Å²) in [6.45, 7) is 0.887. The lowest BCUT2D eigenvalue weighted by atomic mass is 10.1. The first-order valence-electron chi connectivity index (χ1n) is 8.88. The van der Waals surface area contributed by atoms with Crippen LogP contribution < -0.4 is 5.32 Å². The van der Waals surface area contributed by atoms with E-state index in [2.05, 4.69) is 15.3 Å². The zero-order valence-electron chi connectivity index (χ0n) is 14.9. The zero-order valence-corrected chi connectivity index (χ0v) is 15.7. The number of likely N-dealkylation sites (tertiary alicyclic amines) is 1. The fourth-order valence-electron chi connectivity index (χ4n) is 3.21. The van der Waals surface area contributed by atoms with Crippen molar-refractivity contribution in [2.24, 2.45) is 0 Å². The van der Waals surface area contributed by atoms with Crippen LogP contribution in [0.15, 0.2) is 54.9 Å². The molecule has 0 radical (unpaired) electrons. The lowest BCUT2D eigenvalue weighted by Gasteiger charge is -2.14. The first-order chi connectivity index (χ1) is 13.6. The van der Waals surface area contributed by atoms with Gasteiger partial charge in [0.1, 0.15) is 11.6 Å². The summed E-state index contributed by atoms with van der Waals surface area (Å²) in [5.41, 5.74) is 2.54. The Bertz CT molecular complexity index is 982. The fraction of sp³-hybridized carbons (Fsp3) is 0.200. The van der Waals surface area contributed by atoms with E-state index in [9.17, 15) is 9.90 Å². The minimum absolute atomic E-state index is 0.0383. The highest BCUT2D eigenvalue weighted by molar-refractivity contribution is 6.30. The topological polar surface area (TPSA) is 91.2 Å². The minimum atomic E-state index is -0.910. The molecule has 142 valence electrons.